The van der Waals surface area contributed by atoms with E-state index in [0.717, 1.165) is 4.47 Å². The highest BCUT2D eigenvalue weighted by Gasteiger charge is 2.11. The number of rotatable bonds is 6. The minimum atomic E-state index is -0.314. The third-order valence-electron chi connectivity index (χ3n) is 2.59. The molecule has 1 rings (SSSR count). The van der Waals surface area contributed by atoms with Gasteiger partial charge in [0.15, 0.2) is 0 Å². The third kappa shape index (κ3) is 5.40. The summed E-state index contributed by atoms with van der Waals surface area (Å²) in [5.74, 6) is -0.619. The number of aliphatic hydroxyl groups excluding tert-OH is 1. The van der Waals surface area contributed by atoms with Gasteiger partial charge in [-0.2, -0.15) is 0 Å². The molecule has 2 amide bonds. The number of hydrogen-bond acceptors (Lipinski definition) is 3. The first-order valence-electron chi connectivity index (χ1n) is 6.00. The zero-order chi connectivity index (χ0) is 14.3. The van der Waals surface area contributed by atoms with Gasteiger partial charge in [0.25, 0.3) is 5.91 Å². The molecular formula is C13H17BrN2O3. The maximum atomic E-state index is 11.7. The molecule has 0 aliphatic heterocycles. The Morgan fingerprint density at radius 2 is 1.95 bits per heavy atom. The van der Waals surface area contributed by atoms with Crippen LogP contribution >= 0.6 is 15.9 Å². The monoisotopic (exact) mass is 328 g/mol. The molecule has 0 fully saturated rings. The summed E-state index contributed by atoms with van der Waals surface area (Å²) in [5.41, 5.74) is 0.491. The second-order valence-corrected chi connectivity index (χ2v) is 4.96. The van der Waals surface area contributed by atoms with Crippen LogP contribution in [0, 0.1) is 0 Å². The van der Waals surface area contributed by atoms with Crippen LogP contribution in [0.4, 0.5) is 0 Å². The van der Waals surface area contributed by atoms with Gasteiger partial charge in [-0.15, -0.1) is 0 Å². The van der Waals surface area contributed by atoms with Crippen molar-refractivity contribution < 1.29 is 14.7 Å². The topological polar surface area (TPSA) is 78.4 Å². The smallest absolute Gasteiger partial charge is 0.251 e. The Bertz CT molecular complexity index is 430. The molecule has 0 saturated heterocycles. The molecule has 5 nitrogen and oxygen atoms in total. The summed E-state index contributed by atoms with van der Waals surface area (Å²) in [7, 11) is 0. The van der Waals surface area contributed by atoms with E-state index in [1.54, 1.807) is 24.3 Å². The Hall–Kier alpha value is -1.40. The molecule has 0 aliphatic rings. The number of carbonyl (C=O) groups is 2. The molecule has 19 heavy (non-hydrogen) atoms. The lowest BCUT2D eigenvalue weighted by Gasteiger charge is -2.14. The number of aliphatic hydroxyl groups is 1. The van der Waals surface area contributed by atoms with Crippen molar-refractivity contribution >= 4 is 27.7 Å². The van der Waals surface area contributed by atoms with Crippen molar-refractivity contribution in [2.24, 2.45) is 0 Å². The highest BCUT2D eigenvalue weighted by atomic mass is 79.9. The Morgan fingerprint density at radius 1 is 1.32 bits per heavy atom. The van der Waals surface area contributed by atoms with E-state index in [4.69, 9.17) is 5.11 Å². The summed E-state index contributed by atoms with van der Waals surface area (Å²) in [5, 5.41) is 14.1. The predicted octanol–water partition coefficient (Wildman–Crippen LogP) is 1.07. The number of carbonyl (C=O) groups excluding carboxylic acids is 2. The Balaban J connectivity index is 2.41. The molecule has 6 heteroatoms. The minimum absolute atomic E-state index is 0.106. The van der Waals surface area contributed by atoms with Gasteiger partial charge >= 0.3 is 0 Å². The lowest BCUT2D eigenvalue weighted by Crippen LogP contribution is -2.43. The lowest BCUT2D eigenvalue weighted by atomic mass is 10.2. The highest BCUT2D eigenvalue weighted by Crippen LogP contribution is 2.10. The first-order valence-corrected chi connectivity index (χ1v) is 6.80. The van der Waals surface area contributed by atoms with Gasteiger partial charge < -0.3 is 15.7 Å². The van der Waals surface area contributed by atoms with Gasteiger partial charge in [-0.3, -0.25) is 9.59 Å². The zero-order valence-corrected chi connectivity index (χ0v) is 12.2. The average molecular weight is 329 g/mol. The standard InChI is InChI=1S/C13H17BrN2O3/c1-2-11(8-17)16-12(18)7-15-13(19)9-3-5-10(14)6-4-9/h3-6,11,17H,2,7-8H2,1H3,(H,15,19)(H,16,18). The second kappa shape index (κ2) is 7.91. The summed E-state index contributed by atoms with van der Waals surface area (Å²) in [6.45, 7) is 1.65. The van der Waals surface area contributed by atoms with Gasteiger partial charge in [0.2, 0.25) is 5.91 Å². The van der Waals surface area contributed by atoms with E-state index in [1.165, 1.54) is 0 Å². The van der Waals surface area contributed by atoms with Crippen molar-refractivity contribution in [1.29, 1.82) is 0 Å². The van der Waals surface area contributed by atoms with Crippen LogP contribution in [-0.4, -0.2) is 36.1 Å². The maximum absolute atomic E-state index is 11.7. The molecule has 1 aromatic carbocycles. The van der Waals surface area contributed by atoms with Crippen LogP contribution in [0.15, 0.2) is 28.7 Å². The van der Waals surface area contributed by atoms with E-state index >= 15 is 0 Å². The molecule has 0 radical (unpaired) electrons. The average Bonchev–Trinajstić information content (AvgIpc) is 2.43. The van der Waals surface area contributed by atoms with Crippen molar-refractivity contribution in [3.8, 4) is 0 Å². The number of amides is 2. The van der Waals surface area contributed by atoms with Crippen LogP contribution in [0.2, 0.25) is 0 Å². The number of hydrogen-bond donors (Lipinski definition) is 3. The van der Waals surface area contributed by atoms with Gasteiger partial charge in [-0.05, 0) is 30.7 Å². The lowest BCUT2D eigenvalue weighted by molar-refractivity contribution is -0.121. The van der Waals surface area contributed by atoms with E-state index in [2.05, 4.69) is 26.6 Å². The summed E-state index contributed by atoms with van der Waals surface area (Å²) in [4.78, 5) is 23.2. The molecule has 3 N–H and O–H groups in total. The number of halogens is 1. The molecule has 0 heterocycles. The molecule has 0 saturated carbocycles. The molecule has 0 aromatic heterocycles. The van der Waals surface area contributed by atoms with E-state index in [0.29, 0.717) is 12.0 Å². The first kappa shape index (κ1) is 15.7. The molecule has 1 unspecified atom stereocenters. The van der Waals surface area contributed by atoms with Crippen LogP contribution in [0.1, 0.15) is 23.7 Å². The Morgan fingerprint density at radius 3 is 2.47 bits per heavy atom. The fourth-order valence-corrected chi connectivity index (χ4v) is 1.68. The molecular weight excluding hydrogens is 312 g/mol. The van der Waals surface area contributed by atoms with Gasteiger partial charge in [0.05, 0.1) is 19.2 Å². The van der Waals surface area contributed by atoms with Crippen molar-refractivity contribution in [2.45, 2.75) is 19.4 Å². The Labute approximate surface area is 120 Å². The molecule has 0 aliphatic carbocycles. The van der Waals surface area contributed by atoms with Crippen LogP contribution in [-0.2, 0) is 4.79 Å². The summed E-state index contributed by atoms with van der Waals surface area (Å²) in [6, 6.07) is 6.58. The molecule has 1 atom stereocenters. The highest BCUT2D eigenvalue weighted by molar-refractivity contribution is 9.10. The fourth-order valence-electron chi connectivity index (χ4n) is 1.42. The van der Waals surface area contributed by atoms with E-state index in [9.17, 15) is 9.59 Å². The van der Waals surface area contributed by atoms with Crippen molar-refractivity contribution in [2.75, 3.05) is 13.2 Å². The van der Waals surface area contributed by atoms with Crippen LogP contribution in [0.25, 0.3) is 0 Å². The summed E-state index contributed by atoms with van der Waals surface area (Å²) in [6.07, 6.45) is 0.642. The first-order chi connectivity index (χ1) is 9.06. The van der Waals surface area contributed by atoms with E-state index in [-0.39, 0.29) is 31.0 Å². The number of nitrogens with one attached hydrogen (secondary N) is 2. The number of benzene rings is 1. The predicted molar refractivity (Wildman–Crippen MR) is 75.8 cm³/mol. The van der Waals surface area contributed by atoms with Gasteiger partial charge in [-0.1, -0.05) is 22.9 Å². The van der Waals surface area contributed by atoms with Crippen LogP contribution < -0.4 is 10.6 Å². The second-order valence-electron chi connectivity index (χ2n) is 4.04. The van der Waals surface area contributed by atoms with Gasteiger partial charge in [0, 0.05) is 10.0 Å². The molecule has 0 spiro atoms. The van der Waals surface area contributed by atoms with Gasteiger partial charge in [0.1, 0.15) is 0 Å². The van der Waals surface area contributed by atoms with Crippen LogP contribution in [0.3, 0.4) is 0 Å². The molecule has 1 aromatic rings. The van der Waals surface area contributed by atoms with Crippen molar-refractivity contribution in [1.82, 2.24) is 10.6 Å². The minimum Gasteiger partial charge on any atom is -0.394 e. The van der Waals surface area contributed by atoms with Crippen LogP contribution in [0.5, 0.6) is 0 Å². The normalized spacial score (nSPS) is 11.7. The largest absolute Gasteiger partial charge is 0.394 e. The van der Waals surface area contributed by atoms with Crippen molar-refractivity contribution in [3.05, 3.63) is 34.3 Å². The Kier molecular flexibility index (Phi) is 6.52. The third-order valence-corrected chi connectivity index (χ3v) is 3.12. The maximum Gasteiger partial charge on any atom is 0.251 e. The zero-order valence-electron chi connectivity index (χ0n) is 10.6. The van der Waals surface area contributed by atoms with E-state index < -0.39 is 0 Å². The summed E-state index contributed by atoms with van der Waals surface area (Å²) >= 11 is 3.28. The van der Waals surface area contributed by atoms with Crippen molar-refractivity contribution in [3.63, 3.8) is 0 Å². The van der Waals surface area contributed by atoms with E-state index in [1.807, 2.05) is 6.92 Å². The summed E-state index contributed by atoms with van der Waals surface area (Å²) < 4.78 is 0.885. The SMILES string of the molecule is CCC(CO)NC(=O)CNC(=O)c1ccc(Br)cc1. The molecule has 0 bridgehead atoms. The quantitative estimate of drug-likeness (QED) is 0.730. The van der Waals surface area contributed by atoms with Gasteiger partial charge in [-0.25, -0.2) is 0 Å². The molecule has 104 valence electrons. The fraction of sp³-hybridized carbons (Fsp3) is 0.385.